The molecule has 0 saturated heterocycles. The molecule has 0 bridgehead atoms. The Kier molecular flexibility index (Phi) is 2.91. The van der Waals surface area contributed by atoms with Crippen molar-refractivity contribution >= 4 is 5.97 Å². The third-order valence-corrected chi connectivity index (χ3v) is 1.32. The van der Waals surface area contributed by atoms with Crippen molar-refractivity contribution in [3.05, 3.63) is 24.0 Å². The number of carbonyl (C=O) groups excluding carboxylic acids is 1. The molecule has 3 heteroatoms. The second-order valence-corrected chi connectivity index (χ2v) is 2.75. The van der Waals surface area contributed by atoms with E-state index >= 15 is 0 Å². The van der Waals surface area contributed by atoms with Crippen molar-refractivity contribution in [1.29, 1.82) is 0 Å². The lowest BCUT2D eigenvalue weighted by molar-refractivity contribution is -0.142. The van der Waals surface area contributed by atoms with E-state index in [0.29, 0.717) is 12.2 Å². The van der Waals surface area contributed by atoms with Gasteiger partial charge in [-0.1, -0.05) is 0 Å². The van der Waals surface area contributed by atoms with Gasteiger partial charge in [0.05, 0.1) is 17.9 Å². The molecule has 0 atom stereocenters. The molecule has 0 spiro atoms. The van der Waals surface area contributed by atoms with Crippen LogP contribution in [0.3, 0.4) is 0 Å². The molecule has 0 N–H and O–H groups in total. The molecule has 0 amide bonds. The Morgan fingerprint density at radius 2 is 2.42 bits per heavy atom. The second kappa shape index (κ2) is 3.95. The van der Waals surface area contributed by atoms with Gasteiger partial charge in [-0.3, -0.25) is 0 Å². The fourth-order valence-corrected chi connectivity index (χ4v) is 0.816. The van der Waals surface area contributed by atoms with Crippen molar-refractivity contribution in [2.75, 3.05) is 6.61 Å². The monoisotopic (exact) mass is 168 g/mol. The minimum Gasteiger partial charge on any atom is -0.497 e. The van der Waals surface area contributed by atoms with E-state index in [1.165, 1.54) is 6.26 Å². The number of ether oxygens (including phenoxy) is 2. The van der Waals surface area contributed by atoms with Crippen LogP contribution in [-0.4, -0.2) is 18.7 Å². The van der Waals surface area contributed by atoms with Crippen LogP contribution in [0.5, 0.6) is 0 Å². The fourth-order valence-electron chi connectivity index (χ4n) is 0.816. The average Bonchev–Trinajstić information content (AvgIpc) is 2.05. The Morgan fingerprint density at radius 1 is 1.67 bits per heavy atom. The molecule has 1 rings (SSSR count). The Hall–Kier alpha value is -1.25. The summed E-state index contributed by atoms with van der Waals surface area (Å²) in [6.07, 6.45) is 4.73. The zero-order chi connectivity index (χ0) is 8.97. The van der Waals surface area contributed by atoms with E-state index < -0.39 is 0 Å². The number of hydrogen-bond donors (Lipinski definition) is 0. The predicted molar refractivity (Wildman–Crippen MR) is 44.4 cm³/mol. The lowest BCUT2D eigenvalue weighted by atomic mass is 10.2. The SMILES string of the molecule is CC(C)OC(=O)C1=CCOC=C1. The Morgan fingerprint density at radius 3 is 2.92 bits per heavy atom. The molecule has 0 unspecified atom stereocenters. The van der Waals surface area contributed by atoms with Crippen LogP contribution < -0.4 is 0 Å². The molecule has 1 aliphatic rings. The summed E-state index contributed by atoms with van der Waals surface area (Å²) in [5.74, 6) is -0.287. The van der Waals surface area contributed by atoms with Gasteiger partial charge in [0.15, 0.2) is 0 Å². The van der Waals surface area contributed by atoms with Crippen molar-refractivity contribution < 1.29 is 14.3 Å². The third-order valence-electron chi connectivity index (χ3n) is 1.32. The largest absolute Gasteiger partial charge is 0.497 e. The highest BCUT2D eigenvalue weighted by Gasteiger charge is 2.11. The van der Waals surface area contributed by atoms with Gasteiger partial charge in [0.1, 0.15) is 6.61 Å². The Labute approximate surface area is 71.7 Å². The van der Waals surface area contributed by atoms with E-state index in [4.69, 9.17) is 9.47 Å². The molecular weight excluding hydrogens is 156 g/mol. The number of carbonyl (C=O) groups is 1. The van der Waals surface area contributed by atoms with Crippen LogP contribution in [0.2, 0.25) is 0 Å². The van der Waals surface area contributed by atoms with E-state index in [1.54, 1.807) is 12.2 Å². The highest BCUT2D eigenvalue weighted by molar-refractivity contribution is 5.91. The number of rotatable bonds is 2. The minimum atomic E-state index is -0.287. The van der Waals surface area contributed by atoms with Crippen molar-refractivity contribution in [1.82, 2.24) is 0 Å². The average molecular weight is 168 g/mol. The van der Waals surface area contributed by atoms with E-state index in [9.17, 15) is 4.79 Å². The molecule has 1 aliphatic heterocycles. The Balaban J connectivity index is 2.52. The molecular formula is C9H12O3. The van der Waals surface area contributed by atoms with Crippen molar-refractivity contribution in [2.45, 2.75) is 20.0 Å². The smallest absolute Gasteiger partial charge is 0.338 e. The summed E-state index contributed by atoms with van der Waals surface area (Å²) in [6, 6.07) is 0. The minimum absolute atomic E-state index is 0.0744. The molecule has 66 valence electrons. The van der Waals surface area contributed by atoms with E-state index in [2.05, 4.69) is 0 Å². The van der Waals surface area contributed by atoms with Gasteiger partial charge in [0, 0.05) is 0 Å². The van der Waals surface area contributed by atoms with Gasteiger partial charge in [-0.2, -0.15) is 0 Å². The molecule has 0 fully saturated rings. The third kappa shape index (κ3) is 2.42. The summed E-state index contributed by atoms with van der Waals surface area (Å²) in [7, 11) is 0. The number of hydrogen-bond acceptors (Lipinski definition) is 3. The van der Waals surface area contributed by atoms with Crippen LogP contribution in [-0.2, 0) is 14.3 Å². The maximum absolute atomic E-state index is 11.2. The zero-order valence-electron chi connectivity index (χ0n) is 7.24. The van der Waals surface area contributed by atoms with Gasteiger partial charge in [-0.05, 0) is 26.0 Å². The van der Waals surface area contributed by atoms with Crippen LogP contribution in [0.15, 0.2) is 24.0 Å². The molecule has 0 aliphatic carbocycles. The summed E-state index contributed by atoms with van der Waals surface area (Å²) >= 11 is 0. The van der Waals surface area contributed by atoms with Crippen LogP contribution in [0.25, 0.3) is 0 Å². The summed E-state index contributed by atoms with van der Waals surface area (Å²) < 4.78 is 9.87. The van der Waals surface area contributed by atoms with Crippen LogP contribution in [0, 0.1) is 0 Å². The first-order chi connectivity index (χ1) is 5.70. The first-order valence-corrected chi connectivity index (χ1v) is 3.89. The first-order valence-electron chi connectivity index (χ1n) is 3.89. The zero-order valence-corrected chi connectivity index (χ0v) is 7.24. The molecule has 1 heterocycles. The van der Waals surface area contributed by atoms with E-state index in [-0.39, 0.29) is 12.1 Å². The van der Waals surface area contributed by atoms with Gasteiger partial charge >= 0.3 is 5.97 Å². The van der Waals surface area contributed by atoms with Crippen LogP contribution in [0.1, 0.15) is 13.8 Å². The maximum Gasteiger partial charge on any atom is 0.338 e. The lowest BCUT2D eigenvalue weighted by Crippen LogP contribution is -2.14. The maximum atomic E-state index is 11.2. The van der Waals surface area contributed by atoms with Crippen molar-refractivity contribution in [3.8, 4) is 0 Å². The van der Waals surface area contributed by atoms with Gasteiger partial charge in [0.25, 0.3) is 0 Å². The van der Waals surface area contributed by atoms with Gasteiger partial charge in [-0.15, -0.1) is 0 Å². The van der Waals surface area contributed by atoms with Gasteiger partial charge < -0.3 is 9.47 Å². The standard InChI is InChI=1S/C9H12O3/c1-7(2)12-9(10)8-3-5-11-6-4-8/h3-5,7H,6H2,1-2H3. The highest BCUT2D eigenvalue weighted by atomic mass is 16.5. The summed E-state index contributed by atoms with van der Waals surface area (Å²) in [4.78, 5) is 11.2. The topological polar surface area (TPSA) is 35.5 Å². The van der Waals surface area contributed by atoms with E-state index in [0.717, 1.165) is 0 Å². The molecule has 0 aromatic heterocycles. The highest BCUT2D eigenvalue weighted by Crippen LogP contribution is 2.06. The molecule has 12 heavy (non-hydrogen) atoms. The van der Waals surface area contributed by atoms with Gasteiger partial charge in [0.2, 0.25) is 0 Å². The Bertz CT molecular complexity index is 226. The summed E-state index contributed by atoms with van der Waals surface area (Å²) in [5, 5.41) is 0. The van der Waals surface area contributed by atoms with Crippen molar-refractivity contribution in [3.63, 3.8) is 0 Å². The van der Waals surface area contributed by atoms with Crippen molar-refractivity contribution in [2.24, 2.45) is 0 Å². The predicted octanol–water partition coefficient (Wildman–Crippen LogP) is 1.41. The van der Waals surface area contributed by atoms with E-state index in [1.807, 2.05) is 13.8 Å². The van der Waals surface area contributed by atoms with Crippen LogP contribution in [0.4, 0.5) is 0 Å². The second-order valence-electron chi connectivity index (χ2n) is 2.75. The lowest BCUT2D eigenvalue weighted by Gasteiger charge is -2.10. The fraction of sp³-hybridized carbons (Fsp3) is 0.444. The quantitative estimate of drug-likeness (QED) is 0.585. The summed E-state index contributed by atoms with van der Waals surface area (Å²) in [6.45, 7) is 4.09. The molecule has 0 aromatic rings. The summed E-state index contributed by atoms with van der Waals surface area (Å²) in [5.41, 5.74) is 0.565. The normalized spacial score (nSPS) is 15.4. The number of esters is 1. The first kappa shape index (κ1) is 8.84. The van der Waals surface area contributed by atoms with Crippen LogP contribution >= 0.6 is 0 Å². The molecule has 3 nitrogen and oxygen atoms in total. The molecule has 0 radical (unpaired) electrons. The molecule has 0 aromatic carbocycles. The molecule has 0 saturated carbocycles. The van der Waals surface area contributed by atoms with Gasteiger partial charge in [-0.25, -0.2) is 4.79 Å².